The predicted molar refractivity (Wildman–Crippen MR) is 84.4 cm³/mol. The minimum absolute atomic E-state index is 0.117. The molecule has 0 radical (unpaired) electrons. The molecule has 0 bridgehead atoms. The molecular weight excluding hydrogens is 295 g/mol. The first-order valence-corrected chi connectivity index (χ1v) is 7.79. The summed E-state index contributed by atoms with van der Waals surface area (Å²) in [6, 6.07) is 11.4. The summed E-state index contributed by atoms with van der Waals surface area (Å²) < 4.78 is 13.2. The molecule has 2 unspecified atom stereocenters. The number of pyridine rings is 1. The number of carboxylic acids is 1. The molecule has 5 heteroatoms. The SMILES string of the molecule is O=C(O)C1CCCN1C(Cc1ccccn1)c1ccc(F)cc1. The van der Waals surface area contributed by atoms with E-state index in [1.165, 1.54) is 12.1 Å². The molecule has 1 saturated heterocycles. The Kier molecular flexibility index (Phi) is 4.67. The molecule has 23 heavy (non-hydrogen) atoms. The van der Waals surface area contributed by atoms with Crippen LogP contribution in [0.5, 0.6) is 0 Å². The van der Waals surface area contributed by atoms with Crippen LogP contribution >= 0.6 is 0 Å². The summed E-state index contributed by atoms with van der Waals surface area (Å²) in [7, 11) is 0. The largest absolute Gasteiger partial charge is 0.480 e. The first-order chi connectivity index (χ1) is 11.1. The van der Waals surface area contributed by atoms with E-state index in [0.29, 0.717) is 12.8 Å². The lowest BCUT2D eigenvalue weighted by Gasteiger charge is -2.31. The summed E-state index contributed by atoms with van der Waals surface area (Å²) >= 11 is 0. The molecule has 0 aliphatic carbocycles. The third-order valence-corrected chi connectivity index (χ3v) is 4.36. The summed E-state index contributed by atoms with van der Waals surface area (Å²) in [6.07, 6.45) is 3.85. The fourth-order valence-corrected chi connectivity index (χ4v) is 3.26. The van der Waals surface area contributed by atoms with Gasteiger partial charge in [0.05, 0.1) is 0 Å². The third-order valence-electron chi connectivity index (χ3n) is 4.36. The van der Waals surface area contributed by atoms with Crippen LogP contribution in [0, 0.1) is 5.82 Å². The number of hydrogen-bond donors (Lipinski definition) is 1. The minimum Gasteiger partial charge on any atom is -0.480 e. The molecule has 1 aromatic carbocycles. The molecule has 4 nitrogen and oxygen atoms in total. The van der Waals surface area contributed by atoms with Crippen LogP contribution < -0.4 is 0 Å². The molecule has 2 aromatic rings. The molecule has 1 aromatic heterocycles. The molecule has 1 fully saturated rings. The number of benzene rings is 1. The Morgan fingerprint density at radius 1 is 1.30 bits per heavy atom. The zero-order valence-electron chi connectivity index (χ0n) is 12.7. The number of carboxylic acid groups (broad SMARTS) is 1. The van der Waals surface area contributed by atoms with Crippen LogP contribution in [0.4, 0.5) is 4.39 Å². The number of halogens is 1. The summed E-state index contributed by atoms with van der Waals surface area (Å²) in [5.41, 5.74) is 1.82. The fraction of sp³-hybridized carbons (Fsp3) is 0.333. The van der Waals surface area contributed by atoms with Crippen LogP contribution in [-0.4, -0.2) is 33.5 Å². The standard InChI is InChI=1S/C18H19FN2O2/c19-14-8-6-13(7-9-14)17(12-15-4-1-2-10-20-15)21-11-3-5-16(21)18(22)23/h1-2,4,6-10,16-17H,3,5,11-12H2,(H,22,23). The Morgan fingerprint density at radius 3 is 2.74 bits per heavy atom. The molecule has 0 saturated carbocycles. The normalized spacial score (nSPS) is 19.6. The number of rotatable bonds is 5. The smallest absolute Gasteiger partial charge is 0.320 e. The van der Waals surface area contributed by atoms with Gasteiger partial charge in [0.1, 0.15) is 11.9 Å². The van der Waals surface area contributed by atoms with Gasteiger partial charge in [-0.2, -0.15) is 0 Å². The van der Waals surface area contributed by atoms with Gasteiger partial charge < -0.3 is 5.11 Å². The molecule has 0 spiro atoms. The number of nitrogens with zero attached hydrogens (tertiary/aromatic N) is 2. The van der Waals surface area contributed by atoms with E-state index in [0.717, 1.165) is 24.2 Å². The van der Waals surface area contributed by atoms with Gasteiger partial charge in [0, 0.05) is 24.4 Å². The van der Waals surface area contributed by atoms with Crippen molar-refractivity contribution in [1.29, 1.82) is 0 Å². The first kappa shape index (κ1) is 15.6. The topological polar surface area (TPSA) is 53.4 Å². The maximum absolute atomic E-state index is 13.2. The Labute approximate surface area is 134 Å². The molecular formula is C18H19FN2O2. The highest BCUT2D eigenvalue weighted by Gasteiger charge is 2.36. The van der Waals surface area contributed by atoms with Gasteiger partial charge in [-0.3, -0.25) is 14.7 Å². The van der Waals surface area contributed by atoms with Crippen molar-refractivity contribution < 1.29 is 14.3 Å². The van der Waals surface area contributed by atoms with Gasteiger partial charge in [-0.25, -0.2) is 4.39 Å². The Morgan fingerprint density at radius 2 is 2.09 bits per heavy atom. The lowest BCUT2D eigenvalue weighted by molar-refractivity contribution is -0.143. The highest BCUT2D eigenvalue weighted by atomic mass is 19.1. The molecule has 1 aliphatic heterocycles. The number of aliphatic carboxylic acids is 1. The molecule has 2 heterocycles. The summed E-state index contributed by atoms with van der Waals surface area (Å²) in [5, 5.41) is 9.47. The molecule has 120 valence electrons. The van der Waals surface area contributed by atoms with E-state index in [1.807, 2.05) is 23.1 Å². The number of aromatic nitrogens is 1. The average molecular weight is 314 g/mol. The van der Waals surface area contributed by atoms with E-state index in [4.69, 9.17) is 0 Å². The number of carbonyl (C=O) groups is 1. The first-order valence-electron chi connectivity index (χ1n) is 7.79. The van der Waals surface area contributed by atoms with E-state index >= 15 is 0 Å². The molecule has 1 aliphatic rings. The molecule has 1 N–H and O–H groups in total. The lowest BCUT2D eigenvalue weighted by atomic mass is 9.99. The van der Waals surface area contributed by atoms with Crippen molar-refractivity contribution in [3.63, 3.8) is 0 Å². The maximum atomic E-state index is 13.2. The van der Waals surface area contributed by atoms with E-state index < -0.39 is 12.0 Å². The summed E-state index contributed by atoms with van der Waals surface area (Å²) in [6.45, 7) is 0.728. The average Bonchev–Trinajstić information content (AvgIpc) is 3.04. The van der Waals surface area contributed by atoms with Crippen molar-refractivity contribution in [2.75, 3.05) is 6.54 Å². The molecule has 3 rings (SSSR count). The van der Waals surface area contributed by atoms with Crippen LogP contribution in [0.3, 0.4) is 0 Å². The highest BCUT2D eigenvalue weighted by molar-refractivity contribution is 5.73. The molecule has 2 atom stereocenters. The second-order valence-corrected chi connectivity index (χ2v) is 5.83. The van der Waals surface area contributed by atoms with Crippen molar-refractivity contribution in [3.8, 4) is 0 Å². The number of likely N-dealkylation sites (tertiary alicyclic amines) is 1. The van der Waals surface area contributed by atoms with Gasteiger partial charge in [0.25, 0.3) is 0 Å². The predicted octanol–water partition coefficient (Wildman–Crippen LogP) is 3.05. The van der Waals surface area contributed by atoms with Crippen molar-refractivity contribution >= 4 is 5.97 Å². The van der Waals surface area contributed by atoms with Crippen LogP contribution in [0.1, 0.15) is 30.1 Å². The van der Waals surface area contributed by atoms with Crippen LogP contribution in [0.15, 0.2) is 48.7 Å². The quantitative estimate of drug-likeness (QED) is 0.921. The van der Waals surface area contributed by atoms with Gasteiger partial charge >= 0.3 is 5.97 Å². The van der Waals surface area contributed by atoms with Crippen molar-refractivity contribution in [3.05, 3.63) is 65.7 Å². The van der Waals surface area contributed by atoms with Gasteiger partial charge in [-0.05, 0) is 49.2 Å². The maximum Gasteiger partial charge on any atom is 0.320 e. The van der Waals surface area contributed by atoms with Crippen molar-refractivity contribution in [1.82, 2.24) is 9.88 Å². The zero-order valence-corrected chi connectivity index (χ0v) is 12.7. The second kappa shape index (κ2) is 6.87. The third kappa shape index (κ3) is 3.56. The Balaban J connectivity index is 1.92. The monoisotopic (exact) mass is 314 g/mol. The highest BCUT2D eigenvalue weighted by Crippen LogP contribution is 2.32. The van der Waals surface area contributed by atoms with Crippen LogP contribution in [-0.2, 0) is 11.2 Å². The Hall–Kier alpha value is -2.27. The summed E-state index contributed by atoms with van der Waals surface area (Å²) in [5.74, 6) is -1.09. The van der Waals surface area contributed by atoms with Crippen LogP contribution in [0.25, 0.3) is 0 Å². The minimum atomic E-state index is -0.796. The van der Waals surface area contributed by atoms with Gasteiger partial charge in [0.15, 0.2) is 0 Å². The fourth-order valence-electron chi connectivity index (χ4n) is 3.26. The van der Waals surface area contributed by atoms with Crippen LogP contribution in [0.2, 0.25) is 0 Å². The van der Waals surface area contributed by atoms with E-state index in [-0.39, 0.29) is 11.9 Å². The second-order valence-electron chi connectivity index (χ2n) is 5.83. The summed E-state index contributed by atoms with van der Waals surface area (Å²) in [4.78, 5) is 17.9. The zero-order chi connectivity index (χ0) is 16.2. The van der Waals surface area contributed by atoms with Gasteiger partial charge in [-0.1, -0.05) is 18.2 Å². The molecule has 0 amide bonds. The van der Waals surface area contributed by atoms with Gasteiger partial charge in [0.2, 0.25) is 0 Å². The van der Waals surface area contributed by atoms with E-state index in [1.54, 1.807) is 18.3 Å². The van der Waals surface area contributed by atoms with Crippen molar-refractivity contribution in [2.45, 2.75) is 31.3 Å². The number of hydrogen-bond acceptors (Lipinski definition) is 3. The Bertz CT molecular complexity index is 660. The van der Waals surface area contributed by atoms with Crippen molar-refractivity contribution in [2.24, 2.45) is 0 Å². The van der Waals surface area contributed by atoms with E-state index in [2.05, 4.69) is 4.98 Å². The lowest BCUT2D eigenvalue weighted by Crippen LogP contribution is -2.39. The van der Waals surface area contributed by atoms with Gasteiger partial charge in [-0.15, -0.1) is 0 Å². The van der Waals surface area contributed by atoms with E-state index in [9.17, 15) is 14.3 Å².